The lowest BCUT2D eigenvalue weighted by Crippen LogP contribution is -2.47. The number of piperazine rings is 1. The fourth-order valence-corrected chi connectivity index (χ4v) is 4.14. The summed E-state index contributed by atoms with van der Waals surface area (Å²) in [5, 5.41) is 3.49. The van der Waals surface area contributed by atoms with Gasteiger partial charge in [0.25, 0.3) is 5.91 Å². The smallest absolute Gasteiger partial charge is 0.256 e. The molecule has 2 heterocycles. The third kappa shape index (κ3) is 5.48. The first-order valence-electron chi connectivity index (χ1n) is 11.1. The summed E-state index contributed by atoms with van der Waals surface area (Å²) in [5.41, 5.74) is 2.82. The van der Waals surface area contributed by atoms with Gasteiger partial charge in [-0.1, -0.05) is 18.2 Å². The van der Waals surface area contributed by atoms with Crippen molar-refractivity contribution in [2.24, 2.45) is 0 Å². The summed E-state index contributed by atoms with van der Waals surface area (Å²) >= 11 is 0. The van der Waals surface area contributed by atoms with E-state index in [0.29, 0.717) is 37.6 Å². The second-order valence-electron chi connectivity index (χ2n) is 7.91. The van der Waals surface area contributed by atoms with Crippen LogP contribution in [0.2, 0.25) is 0 Å². The van der Waals surface area contributed by atoms with Crippen LogP contribution in [0, 0.1) is 0 Å². The van der Waals surface area contributed by atoms with Crippen LogP contribution < -0.4 is 15.0 Å². The van der Waals surface area contributed by atoms with E-state index in [1.54, 1.807) is 7.11 Å². The number of nitrogens with zero attached hydrogens (tertiary/aromatic N) is 3. The van der Waals surface area contributed by atoms with Crippen LogP contribution in [-0.2, 0) is 4.74 Å². The predicted molar refractivity (Wildman–Crippen MR) is 123 cm³/mol. The van der Waals surface area contributed by atoms with Crippen LogP contribution in [-0.4, -0.2) is 88.4 Å². The van der Waals surface area contributed by atoms with Gasteiger partial charge in [0.05, 0.1) is 25.9 Å². The number of anilines is 2. The molecular formula is C24H32N4O3. The van der Waals surface area contributed by atoms with Crippen LogP contribution in [0.25, 0.3) is 0 Å². The molecule has 2 saturated heterocycles. The number of para-hydroxylation sites is 1. The van der Waals surface area contributed by atoms with Crippen molar-refractivity contribution in [3.63, 3.8) is 0 Å². The number of hydrogen-bond acceptors (Lipinski definition) is 6. The van der Waals surface area contributed by atoms with Gasteiger partial charge in [0.15, 0.2) is 0 Å². The third-order valence-electron chi connectivity index (χ3n) is 5.99. The van der Waals surface area contributed by atoms with Gasteiger partial charge in [-0.05, 0) is 30.3 Å². The fraction of sp³-hybridized carbons (Fsp3) is 0.458. The summed E-state index contributed by atoms with van der Waals surface area (Å²) in [5.74, 6) is 0.723. The number of amides is 1. The normalized spacial score (nSPS) is 17.5. The second-order valence-corrected chi connectivity index (χ2v) is 7.91. The number of carbonyl (C=O) groups excluding carboxylic acids is 1. The maximum atomic E-state index is 13.1. The van der Waals surface area contributed by atoms with Gasteiger partial charge in [0.2, 0.25) is 0 Å². The molecule has 0 aromatic heterocycles. The Morgan fingerprint density at radius 2 is 1.74 bits per heavy atom. The van der Waals surface area contributed by atoms with E-state index < -0.39 is 0 Å². The average molecular weight is 425 g/mol. The van der Waals surface area contributed by atoms with Gasteiger partial charge < -0.3 is 24.6 Å². The van der Waals surface area contributed by atoms with Gasteiger partial charge in [-0.25, -0.2) is 0 Å². The van der Waals surface area contributed by atoms with E-state index in [-0.39, 0.29) is 5.91 Å². The molecule has 2 aromatic carbocycles. The standard InChI is InChI=1S/C24H32N4O3/c1-30-21-7-8-23(22(19-21)24(29)28-15-17-31-18-16-28)25-9-10-26-11-13-27(14-12-26)20-5-3-2-4-6-20/h2-8,19,25H,9-18H2,1H3. The van der Waals surface area contributed by atoms with Crippen molar-refractivity contribution in [2.75, 3.05) is 82.9 Å². The van der Waals surface area contributed by atoms with Crippen LogP contribution in [0.1, 0.15) is 10.4 Å². The van der Waals surface area contributed by atoms with Crippen LogP contribution in [0.5, 0.6) is 5.75 Å². The minimum Gasteiger partial charge on any atom is -0.497 e. The topological polar surface area (TPSA) is 57.3 Å². The van der Waals surface area contributed by atoms with Crippen LogP contribution in [0.15, 0.2) is 48.5 Å². The van der Waals surface area contributed by atoms with E-state index in [9.17, 15) is 4.79 Å². The quantitative estimate of drug-likeness (QED) is 0.737. The zero-order valence-corrected chi connectivity index (χ0v) is 18.3. The van der Waals surface area contributed by atoms with Crippen molar-refractivity contribution < 1.29 is 14.3 Å². The number of hydrogen-bond donors (Lipinski definition) is 1. The zero-order chi connectivity index (χ0) is 21.5. The SMILES string of the molecule is COc1ccc(NCCN2CCN(c3ccccc3)CC2)c(C(=O)N2CCOCC2)c1. The lowest BCUT2D eigenvalue weighted by molar-refractivity contribution is 0.0303. The Balaban J connectivity index is 1.32. The Morgan fingerprint density at radius 1 is 1.00 bits per heavy atom. The molecule has 0 atom stereocenters. The van der Waals surface area contributed by atoms with Gasteiger partial charge in [0, 0.05) is 63.7 Å². The number of nitrogens with one attached hydrogen (secondary N) is 1. The van der Waals surface area contributed by atoms with Gasteiger partial charge >= 0.3 is 0 Å². The molecular weight excluding hydrogens is 392 g/mol. The number of carbonyl (C=O) groups is 1. The van der Waals surface area contributed by atoms with E-state index in [1.807, 2.05) is 23.1 Å². The first kappa shape index (κ1) is 21.5. The Kier molecular flexibility index (Phi) is 7.27. The molecule has 31 heavy (non-hydrogen) atoms. The maximum absolute atomic E-state index is 13.1. The van der Waals surface area contributed by atoms with Crippen molar-refractivity contribution in [3.8, 4) is 5.75 Å². The number of benzene rings is 2. The second kappa shape index (κ2) is 10.5. The number of ether oxygens (including phenoxy) is 2. The monoisotopic (exact) mass is 424 g/mol. The molecule has 1 amide bonds. The van der Waals surface area contributed by atoms with E-state index in [2.05, 4.69) is 45.4 Å². The molecule has 7 heteroatoms. The molecule has 0 saturated carbocycles. The van der Waals surface area contributed by atoms with Gasteiger partial charge in [-0.3, -0.25) is 9.69 Å². The molecule has 4 rings (SSSR count). The van der Waals surface area contributed by atoms with E-state index >= 15 is 0 Å². The van der Waals surface area contributed by atoms with Crippen LogP contribution >= 0.6 is 0 Å². The first-order valence-corrected chi connectivity index (χ1v) is 11.1. The van der Waals surface area contributed by atoms with Gasteiger partial charge in [-0.15, -0.1) is 0 Å². The lowest BCUT2D eigenvalue weighted by Gasteiger charge is -2.36. The van der Waals surface area contributed by atoms with Crippen LogP contribution in [0.4, 0.5) is 11.4 Å². The molecule has 2 aliphatic heterocycles. The predicted octanol–water partition coefficient (Wildman–Crippen LogP) is 2.40. The summed E-state index contributed by atoms with van der Waals surface area (Å²) in [6.07, 6.45) is 0. The number of methoxy groups -OCH3 is 1. The molecule has 166 valence electrons. The molecule has 0 bridgehead atoms. The summed E-state index contributed by atoms with van der Waals surface area (Å²) < 4.78 is 10.7. The molecule has 7 nitrogen and oxygen atoms in total. The Labute approximate surface area is 184 Å². The minimum atomic E-state index is 0.0289. The average Bonchev–Trinajstić information content (AvgIpc) is 2.85. The van der Waals surface area contributed by atoms with E-state index in [0.717, 1.165) is 45.0 Å². The highest BCUT2D eigenvalue weighted by Gasteiger charge is 2.22. The van der Waals surface area contributed by atoms with Gasteiger partial charge in [0.1, 0.15) is 5.75 Å². The Morgan fingerprint density at radius 3 is 2.45 bits per heavy atom. The summed E-state index contributed by atoms with van der Waals surface area (Å²) in [6.45, 7) is 8.32. The number of rotatable bonds is 7. The van der Waals surface area contributed by atoms with Crippen molar-refractivity contribution in [1.29, 1.82) is 0 Å². The summed E-state index contributed by atoms with van der Waals surface area (Å²) in [6, 6.07) is 16.3. The lowest BCUT2D eigenvalue weighted by atomic mass is 10.1. The van der Waals surface area contributed by atoms with Gasteiger partial charge in [-0.2, -0.15) is 0 Å². The van der Waals surface area contributed by atoms with Crippen molar-refractivity contribution >= 4 is 17.3 Å². The molecule has 1 N–H and O–H groups in total. The summed E-state index contributed by atoms with van der Waals surface area (Å²) in [4.78, 5) is 19.8. The Hall–Kier alpha value is -2.77. The Bertz CT molecular complexity index is 847. The fourth-order valence-electron chi connectivity index (χ4n) is 4.14. The van der Waals surface area contributed by atoms with E-state index in [4.69, 9.17) is 9.47 Å². The molecule has 2 fully saturated rings. The van der Waals surface area contributed by atoms with Crippen LogP contribution in [0.3, 0.4) is 0 Å². The van der Waals surface area contributed by atoms with Crippen molar-refractivity contribution in [1.82, 2.24) is 9.80 Å². The molecule has 0 spiro atoms. The third-order valence-corrected chi connectivity index (χ3v) is 5.99. The zero-order valence-electron chi connectivity index (χ0n) is 18.3. The minimum absolute atomic E-state index is 0.0289. The van der Waals surface area contributed by atoms with E-state index in [1.165, 1.54) is 5.69 Å². The first-order chi connectivity index (χ1) is 15.2. The highest BCUT2D eigenvalue weighted by Crippen LogP contribution is 2.24. The van der Waals surface area contributed by atoms with Crippen molar-refractivity contribution in [2.45, 2.75) is 0 Å². The summed E-state index contributed by atoms with van der Waals surface area (Å²) in [7, 11) is 1.63. The highest BCUT2D eigenvalue weighted by atomic mass is 16.5. The molecule has 2 aliphatic rings. The molecule has 0 aliphatic carbocycles. The largest absolute Gasteiger partial charge is 0.497 e. The highest BCUT2D eigenvalue weighted by molar-refractivity contribution is 6.00. The number of morpholine rings is 1. The molecule has 0 unspecified atom stereocenters. The van der Waals surface area contributed by atoms with Crippen molar-refractivity contribution in [3.05, 3.63) is 54.1 Å². The maximum Gasteiger partial charge on any atom is 0.256 e. The molecule has 2 aromatic rings. The molecule has 0 radical (unpaired) electrons.